The molecule has 0 atom stereocenters. The molecule has 0 fully saturated rings. The van der Waals surface area contributed by atoms with Crippen molar-refractivity contribution in [1.82, 2.24) is 14.5 Å². The maximum atomic E-state index is 11.3. The van der Waals surface area contributed by atoms with Crippen molar-refractivity contribution < 1.29 is 6.48 Å². The Morgan fingerprint density at radius 1 is 0.561 bits per heavy atom. The van der Waals surface area contributed by atoms with E-state index in [2.05, 4.69) is 143 Å². The van der Waals surface area contributed by atoms with E-state index in [1.165, 1.54) is 11.1 Å². The number of nitrogens with zero attached hydrogens (tertiary/aromatic N) is 3. The summed E-state index contributed by atoms with van der Waals surface area (Å²) in [5.41, 5.74) is 14.9. The number of pyridine rings is 1. The van der Waals surface area contributed by atoms with Gasteiger partial charge in [0.2, 0.25) is 0 Å². The Hall–Kier alpha value is -6.26. The molecule has 2 heterocycles. The molecule has 2 aromatic heterocycles. The molecule has 0 bridgehead atoms. The van der Waals surface area contributed by atoms with Crippen LogP contribution in [0.25, 0.3) is 72.7 Å². The maximum absolute atomic E-state index is 11.3. The van der Waals surface area contributed by atoms with Gasteiger partial charge in [-0.1, -0.05) is 146 Å². The highest BCUT2D eigenvalue weighted by atomic mass is 16.3. The Balaban J connectivity index is 1.35. The van der Waals surface area contributed by atoms with Gasteiger partial charge < -0.3 is 5.11 Å². The molecule has 284 valence electrons. The molecule has 4 nitrogen and oxygen atoms in total. The Kier molecular flexibility index (Phi) is 9.37. The van der Waals surface area contributed by atoms with Gasteiger partial charge in [0.25, 0.3) is 0 Å². The van der Waals surface area contributed by atoms with Crippen LogP contribution in [0.15, 0.2) is 152 Å². The number of fused-ring (bicyclic) bond motifs is 1. The number of aromatic hydroxyl groups is 1. The first kappa shape index (κ1) is 36.4. The molecular weight excluding hydrogens is 695 g/mol. The summed E-state index contributed by atoms with van der Waals surface area (Å²) in [7, 11) is 0. The number of aromatic nitrogens is 3. The van der Waals surface area contributed by atoms with Gasteiger partial charge in [0.1, 0.15) is 11.6 Å². The standard InChI is InChI=1S/C53H51N3O/c1-34(2)35-21-23-37(24-22-35)38-25-26-54-47(32-38)41-27-40(29-42(30-41)52(3,4)5)45-18-14-19-48-50(45)55-51(46-17-12-13-20-49(46)57)56(48)44-31-39(36-15-10-9-11-16-36)28-43(33-44)53(6,7)8/h9-34,57H,1-8H3/i34D. The highest BCUT2D eigenvalue weighted by Gasteiger charge is 2.24. The fourth-order valence-electron chi connectivity index (χ4n) is 7.54. The third kappa shape index (κ3) is 7.52. The fourth-order valence-corrected chi connectivity index (χ4v) is 7.54. The summed E-state index contributed by atoms with van der Waals surface area (Å²) in [6, 6.07) is 50.4. The van der Waals surface area contributed by atoms with Gasteiger partial charge in [-0.3, -0.25) is 9.55 Å². The van der Waals surface area contributed by atoms with Crippen molar-refractivity contribution in [3.05, 3.63) is 168 Å². The van der Waals surface area contributed by atoms with E-state index in [-0.39, 0.29) is 16.6 Å². The highest BCUT2D eigenvalue weighted by Crippen LogP contribution is 2.41. The average molecular weight is 747 g/mol. The first-order chi connectivity index (χ1) is 27.5. The normalized spacial score (nSPS) is 12.5. The molecule has 1 N–H and O–H groups in total. The van der Waals surface area contributed by atoms with Crippen LogP contribution in [0.5, 0.6) is 5.75 Å². The van der Waals surface area contributed by atoms with Gasteiger partial charge >= 0.3 is 0 Å². The lowest BCUT2D eigenvalue weighted by molar-refractivity contribution is 0.477. The third-order valence-corrected chi connectivity index (χ3v) is 10.9. The molecule has 4 heteroatoms. The third-order valence-electron chi connectivity index (χ3n) is 10.9. The quantitative estimate of drug-likeness (QED) is 0.177. The van der Waals surface area contributed by atoms with E-state index >= 15 is 0 Å². The lowest BCUT2D eigenvalue weighted by atomic mass is 9.83. The van der Waals surface area contributed by atoms with Gasteiger partial charge in [-0.15, -0.1) is 0 Å². The lowest BCUT2D eigenvalue weighted by Crippen LogP contribution is -2.12. The van der Waals surface area contributed by atoms with Crippen molar-refractivity contribution in [3.63, 3.8) is 0 Å². The first-order valence-electron chi connectivity index (χ1n) is 20.3. The molecule has 57 heavy (non-hydrogen) atoms. The molecule has 0 aliphatic heterocycles. The van der Waals surface area contributed by atoms with E-state index in [0.29, 0.717) is 11.4 Å². The van der Waals surface area contributed by atoms with Crippen LogP contribution < -0.4 is 0 Å². The molecule has 8 aromatic rings. The van der Waals surface area contributed by atoms with Gasteiger partial charge in [0.15, 0.2) is 0 Å². The second kappa shape index (κ2) is 14.7. The van der Waals surface area contributed by atoms with Crippen molar-refractivity contribution in [2.75, 3.05) is 0 Å². The van der Waals surface area contributed by atoms with E-state index in [1.807, 2.05) is 62.5 Å². The van der Waals surface area contributed by atoms with Crippen LogP contribution in [0, 0.1) is 0 Å². The van der Waals surface area contributed by atoms with Crippen LogP contribution in [0.2, 0.25) is 0 Å². The van der Waals surface area contributed by atoms with Crippen molar-refractivity contribution in [3.8, 4) is 67.5 Å². The summed E-state index contributed by atoms with van der Waals surface area (Å²) in [4.78, 5) is 10.3. The molecule has 0 amide bonds. The van der Waals surface area contributed by atoms with Crippen LogP contribution >= 0.6 is 0 Å². The van der Waals surface area contributed by atoms with Gasteiger partial charge in [-0.2, -0.15) is 0 Å². The van der Waals surface area contributed by atoms with Crippen molar-refractivity contribution in [1.29, 1.82) is 0 Å². The van der Waals surface area contributed by atoms with Crippen LogP contribution in [0.1, 0.15) is 79.3 Å². The number of benzene rings is 6. The first-order valence-corrected chi connectivity index (χ1v) is 19.8. The predicted molar refractivity (Wildman–Crippen MR) is 239 cm³/mol. The molecule has 0 unspecified atom stereocenters. The summed E-state index contributed by atoms with van der Waals surface area (Å²) >= 11 is 0. The molecule has 8 rings (SSSR count). The van der Waals surface area contributed by atoms with E-state index < -0.39 is 5.89 Å². The van der Waals surface area contributed by atoms with Gasteiger partial charge in [0.05, 0.1) is 22.3 Å². The van der Waals surface area contributed by atoms with Crippen LogP contribution in [0.4, 0.5) is 0 Å². The Morgan fingerprint density at radius 3 is 1.89 bits per heavy atom. The largest absolute Gasteiger partial charge is 0.507 e. The molecule has 0 saturated carbocycles. The smallest absolute Gasteiger partial charge is 0.149 e. The van der Waals surface area contributed by atoms with Gasteiger partial charge in [-0.25, -0.2) is 4.98 Å². The van der Waals surface area contributed by atoms with Crippen LogP contribution in [-0.4, -0.2) is 19.6 Å². The predicted octanol–water partition coefficient (Wildman–Crippen LogP) is 14.2. The number of imidazole rings is 1. The van der Waals surface area contributed by atoms with E-state index in [1.54, 1.807) is 6.07 Å². The summed E-state index contributed by atoms with van der Waals surface area (Å²) in [6.45, 7) is 17.3. The van der Waals surface area contributed by atoms with Crippen molar-refractivity contribution in [2.24, 2.45) is 0 Å². The minimum Gasteiger partial charge on any atom is -0.507 e. The SMILES string of the molecule is [2H]C(C)(C)c1ccc(-c2ccnc(-c3cc(-c4cccc5c4nc(-c4ccccc4O)n5-c4cc(-c5ccccc5)cc(C(C)(C)C)c4)cc(C(C)(C)C)c3)c2)cc1. The topological polar surface area (TPSA) is 50.9 Å². The zero-order valence-electron chi connectivity index (χ0n) is 35.2. The monoisotopic (exact) mass is 746 g/mol. The minimum absolute atomic E-state index is 0.117. The van der Waals surface area contributed by atoms with Crippen molar-refractivity contribution in [2.45, 2.75) is 72.1 Å². The number of hydrogen-bond acceptors (Lipinski definition) is 3. The van der Waals surface area contributed by atoms with Crippen LogP contribution in [0.3, 0.4) is 0 Å². The zero-order valence-corrected chi connectivity index (χ0v) is 34.2. The average Bonchev–Trinajstić information content (AvgIpc) is 3.60. The van der Waals surface area contributed by atoms with E-state index in [9.17, 15) is 5.11 Å². The lowest BCUT2D eigenvalue weighted by Gasteiger charge is -2.23. The molecule has 0 saturated heterocycles. The summed E-state index contributed by atoms with van der Waals surface area (Å²) in [5, 5.41) is 11.3. The van der Waals surface area contributed by atoms with Gasteiger partial charge in [0, 0.05) is 24.4 Å². The fraction of sp³-hybridized carbons (Fsp3) is 0.208. The van der Waals surface area contributed by atoms with Gasteiger partial charge in [-0.05, 0) is 116 Å². The molecule has 0 radical (unpaired) electrons. The Bertz CT molecular complexity index is 2780. The number of hydrogen-bond donors (Lipinski definition) is 1. The second-order valence-electron chi connectivity index (χ2n) is 17.4. The van der Waals surface area contributed by atoms with Crippen molar-refractivity contribution >= 4 is 11.0 Å². The second-order valence-corrected chi connectivity index (χ2v) is 17.4. The molecule has 0 aliphatic carbocycles. The summed E-state index contributed by atoms with van der Waals surface area (Å²) in [6.07, 6.45) is 1.88. The number of rotatable bonds is 7. The maximum Gasteiger partial charge on any atom is 0.149 e. The molecular formula is C53H51N3O. The molecule has 0 aliphatic rings. The molecule has 0 spiro atoms. The van der Waals surface area contributed by atoms with E-state index in [4.69, 9.17) is 11.3 Å². The Morgan fingerprint density at radius 2 is 1.19 bits per heavy atom. The minimum atomic E-state index is -0.658. The number of para-hydroxylation sites is 2. The van der Waals surface area contributed by atoms with E-state index in [0.717, 1.165) is 66.9 Å². The number of phenolic OH excluding ortho intramolecular Hbond substituents is 1. The number of phenols is 1. The molecule has 6 aromatic carbocycles. The van der Waals surface area contributed by atoms with Crippen LogP contribution in [-0.2, 0) is 10.8 Å². The zero-order chi connectivity index (χ0) is 41.0. The summed E-state index contributed by atoms with van der Waals surface area (Å²) in [5.74, 6) is 0.192. The Labute approximate surface area is 339 Å². The highest BCUT2D eigenvalue weighted by molar-refractivity contribution is 5.97. The summed E-state index contributed by atoms with van der Waals surface area (Å²) < 4.78 is 10.7.